The van der Waals surface area contributed by atoms with Crippen LogP contribution in [0.5, 0.6) is 0 Å². The molecule has 0 atom stereocenters. The highest BCUT2D eigenvalue weighted by molar-refractivity contribution is 5.68. The molecule has 1 aromatic carbocycles. The largest absolute Gasteiger partial charge is 0.399 e. The van der Waals surface area contributed by atoms with Crippen LogP contribution >= 0.6 is 0 Å². The molecule has 6 heteroatoms. The second-order valence-electron chi connectivity index (χ2n) is 4.97. The van der Waals surface area contributed by atoms with Gasteiger partial charge in [0, 0.05) is 16.9 Å². The first-order valence-corrected chi connectivity index (χ1v) is 5.89. The van der Waals surface area contributed by atoms with Crippen molar-refractivity contribution in [2.45, 2.75) is 32.7 Å². The van der Waals surface area contributed by atoms with Crippen molar-refractivity contribution in [2.75, 3.05) is 11.5 Å². The predicted octanol–water partition coefficient (Wildman–Crippen LogP) is 1.65. The molecule has 0 saturated carbocycles. The molecule has 4 N–H and O–H groups in total. The lowest BCUT2D eigenvalue weighted by atomic mass is 10.0. The molecule has 1 heterocycles. The molecular weight excluding hydrogens is 228 g/mol. The number of tetrazole rings is 1. The maximum absolute atomic E-state index is 5.80. The lowest BCUT2D eigenvalue weighted by Crippen LogP contribution is -2.27. The average Bonchev–Trinajstić information content (AvgIpc) is 2.77. The molecule has 0 aliphatic carbocycles. The van der Waals surface area contributed by atoms with E-state index in [4.69, 9.17) is 11.5 Å². The van der Waals surface area contributed by atoms with Gasteiger partial charge in [0.05, 0.1) is 5.54 Å². The van der Waals surface area contributed by atoms with E-state index < -0.39 is 0 Å². The fraction of sp³-hybridized carbons (Fsp3) is 0.417. The standard InChI is InChI=1S/C12H18N6/c1-4-12(2,3)18-11(15-16-17-18)8-5-9(13)7-10(14)6-8/h5-7H,4,13-14H2,1-3H3. The summed E-state index contributed by atoms with van der Waals surface area (Å²) in [5.41, 5.74) is 13.5. The summed E-state index contributed by atoms with van der Waals surface area (Å²) in [7, 11) is 0. The molecule has 2 aromatic rings. The quantitative estimate of drug-likeness (QED) is 0.803. The molecule has 0 saturated heterocycles. The Labute approximate surface area is 106 Å². The van der Waals surface area contributed by atoms with Gasteiger partial charge in [-0.3, -0.25) is 0 Å². The number of benzene rings is 1. The zero-order valence-corrected chi connectivity index (χ0v) is 10.9. The first-order chi connectivity index (χ1) is 8.44. The van der Waals surface area contributed by atoms with Crippen LogP contribution in [0.15, 0.2) is 18.2 Å². The van der Waals surface area contributed by atoms with E-state index in [9.17, 15) is 0 Å². The van der Waals surface area contributed by atoms with Crippen molar-refractivity contribution in [3.63, 3.8) is 0 Å². The van der Waals surface area contributed by atoms with Gasteiger partial charge in [-0.15, -0.1) is 5.10 Å². The highest BCUT2D eigenvalue weighted by Gasteiger charge is 2.24. The van der Waals surface area contributed by atoms with E-state index in [0.29, 0.717) is 17.2 Å². The minimum atomic E-state index is -0.155. The zero-order valence-electron chi connectivity index (χ0n) is 10.9. The van der Waals surface area contributed by atoms with E-state index in [1.807, 2.05) is 12.1 Å². The van der Waals surface area contributed by atoms with E-state index in [1.165, 1.54) is 0 Å². The van der Waals surface area contributed by atoms with Crippen LogP contribution in [-0.4, -0.2) is 20.2 Å². The van der Waals surface area contributed by atoms with E-state index >= 15 is 0 Å². The Hall–Kier alpha value is -2.11. The van der Waals surface area contributed by atoms with Crippen LogP contribution in [0.25, 0.3) is 11.4 Å². The van der Waals surface area contributed by atoms with Crippen LogP contribution in [0.2, 0.25) is 0 Å². The molecule has 0 unspecified atom stereocenters. The zero-order chi connectivity index (χ0) is 13.3. The Bertz CT molecular complexity index is 537. The summed E-state index contributed by atoms with van der Waals surface area (Å²) in [6.45, 7) is 6.27. The molecule has 2 rings (SSSR count). The van der Waals surface area contributed by atoms with Crippen molar-refractivity contribution in [3.05, 3.63) is 18.2 Å². The number of rotatable bonds is 3. The third-order valence-electron chi connectivity index (χ3n) is 3.14. The lowest BCUT2D eigenvalue weighted by molar-refractivity contribution is 0.305. The average molecular weight is 246 g/mol. The summed E-state index contributed by atoms with van der Waals surface area (Å²) >= 11 is 0. The minimum absolute atomic E-state index is 0.155. The van der Waals surface area contributed by atoms with Crippen LogP contribution < -0.4 is 11.5 Å². The Morgan fingerprint density at radius 3 is 2.33 bits per heavy atom. The Morgan fingerprint density at radius 2 is 1.78 bits per heavy atom. The molecule has 0 bridgehead atoms. The molecule has 0 fully saturated rings. The van der Waals surface area contributed by atoms with Gasteiger partial charge in [-0.05, 0) is 48.9 Å². The molecule has 1 aromatic heterocycles. The molecule has 96 valence electrons. The van der Waals surface area contributed by atoms with Crippen LogP contribution in [0.4, 0.5) is 11.4 Å². The van der Waals surface area contributed by atoms with Crippen LogP contribution in [0, 0.1) is 0 Å². The second-order valence-corrected chi connectivity index (χ2v) is 4.97. The Balaban J connectivity index is 2.55. The third kappa shape index (κ3) is 2.13. The summed E-state index contributed by atoms with van der Waals surface area (Å²) < 4.78 is 1.81. The summed E-state index contributed by atoms with van der Waals surface area (Å²) in [6, 6.07) is 5.36. The number of nitrogens with zero attached hydrogens (tertiary/aromatic N) is 4. The van der Waals surface area contributed by atoms with Gasteiger partial charge >= 0.3 is 0 Å². The number of hydrogen-bond acceptors (Lipinski definition) is 5. The molecule has 0 spiro atoms. The SMILES string of the molecule is CCC(C)(C)n1nnnc1-c1cc(N)cc(N)c1. The molecule has 18 heavy (non-hydrogen) atoms. The van der Waals surface area contributed by atoms with Gasteiger partial charge in [0.15, 0.2) is 5.82 Å². The van der Waals surface area contributed by atoms with Gasteiger partial charge < -0.3 is 11.5 Å². The molecule has 0 aliphatic heterocycles. The summed E-state index contributed by atoms with van der Waals surface area (Å²) in [6.07, 6.45) is 0.919. The maximum atomic E-state index is 5.80. The second kappa shape index (κ2) is 4.29. The molecule has 0 radical (unpaired) electrons. The van der Waals surface area contributed by atoms with Gasteiger partial charge in [-0.1, -0.05) is 6.92 Å². The number of nitrogens with two attached hydrogens (primary N) is 2. The smallest absolute Gasteiger partial charge is 0.182 e. The van der Waals surface area contributed by atoms with Crippen LogP contribution in [0.3, 0.4) is 0 Å². The molecule has 0 amide bonds. The van der Waals surface area contributed by atoms with Gasteiger partial charge in [-0.2, -0.15) is 0 Å². The van der Waals surface area contributed by atoms with Gasteiger partial charge in [0.25, 0.3) is 0 Å². The number of anilines is 2. The van der Waals surface area contributed by atoms with E-state index in [2.05, 4.69) is 36.3 Å². The van der Waals surface area contributed by atoms with Crippen molar-refractivity contribution in [1.82, 2.24) is 20.2 Å². The van der Waals surface area contributed by atoms with Crippen molar-refractivity contribution < 1.29 is 0 Å². The highest BCUT2D eigenvalue weighted by atomic mass is 15.6. The monoisotopic (exact) mass is 246 g/mol. The Kier molecular flexibility index (Phi) is 2.94. The highest BCUT2D eigenvalue weighted by Crippen LogP contribution is 2.27. The first-order valence-electron chi connectivity index (χ1n) is 5.89. The maximum Gasteiger partial charge on any atom is 0.182 e. The summed E-state index contributed by atoms with van der Waals surface area (Å²) in [5.74, 6) is 0.681. The third-order valence-corrected chi connectivity index (χ3v) is 3.14. The number of aromatic nitrogens is 4. The van der Waals surface area contributed by atoms with Crippen molar-refractivity contribution in [2.24, 2.45) is 0 Å². The van der Waals surface area contributed by atoms with Crippen molar-refractivity contribution in [3.8, 4) is 11.4 Å². The van der Waals surface area contributed by atoms with Crippen LogP contribution in [0.1, 0.15) is 27.2 Å². The Morgan fingerprint density at radius 1 is 1.17 bits per heavy atom. The first kappa shape index (κ1) is 12.3. The molecule has 0 aliphatic rings. The summed E-state index contributed by atoms with van der Waals surface area (Å²) in [5, 5.41) is 11.9. The minimum Gasteiger partial charge on any atom is -0.399 e. The van der Waals surface area contributed by atoms with Crippen molar-refractivity contribution in [1.29, 1.82) is 0 Å². The van der Waals surface area contributed by atoms with Gasteiger partial charge in [0.2, 0.25) is 0 Å². The fourth-order valence-corrected chi connectivity index (χ4v) is 1.73. The van der Waals surface area contributed by atoms with Gasteiger partial charge in [0.1, 0.15) is 0 Å². The van der Waals surface area contributed by atoms with E-state index in [1.54, 1.807) is 10.7 Å². The molecular formula is C12H18N6. The normalized spacial score (nSPS) is 11.7. The van der Waals surface area contributed by atoms with Crippen molar-refractivity contribution >= 4 is 11.4 Å². The van der Waals surface area contributed by atoms with E-state index in [-0.39, 0.29) is 5.54 Å². The molecule has 6 nitrogen and oxygen atoms in total. The van der Waals surface area contributed by atoms with Gasteiger partial charge in [-0.25, -0.2) is 4.68 Å². The topological polar surface area (TPSA) is 95.6 Å². The number of hydrogen-bond donors (Lipinski definition) is 2. The predicted molar refractivity (Wildman–Crippen MR) is 71.7 cm³/mol. The fourth-order valence-electron chi connectivity index (χ4n) is 1.73. The lowest BCUT2D eigenvalue weighted by Gasteiger charge is -2.23. The van der Waals surface area contributed by atoms with E-state index in [0.717, 1.165) is 12.0 Å². The summed E-state index contributed by atoms with van der Waals surface area (Å²) in [4.78, 5) is 0. The number of nitrogen functional groups attached to an aromatic ring is 2. The van der Waals surface area contributed by atoms with Crippen LogP contribution in [-0.2, 0) is 5.54 Å².